The van der Waals surface area contributed by atoms with Crippen molar-refractivity contribution in [3.8, 4) is 0 Å². The third kappa shape index (κ3) is 2.80. The van der Waals surface area contributed by atoms with Crippen LogP contribution in [0.1, 0.15) is 31.5 Å². The van der Waals surface area contributed by atoms with E-state index in [4.69, 9.17) is 9.63 Å². The molecule has 90 valence electrons. The van der Waals surface area contributed by atoms with Crippen molar-refractivity contribution >= 4 is 0 Å². The van der Waals surface area contributed by atoms with Crippen molar-refractivity contribution in [3.63, 3.8) is 0 Å². The highest BCUT2D eigenvalue weighted by molar-refractivity contribution is 4.88. The van der Waals surface area contributed by atoms with Crippen molar-refractivity contribution in [2.24, 2.45) is 5.92 Å². The Kier molecular flexibility index (Phi) is 3.90. The first-order valence-electron chi connectivity index (χ1n) is 5.96. The summed E-state index contributed by atoms with van der Waals surface area (Å²) in [5, 5.41) is 12.7. The van der Waals surface area contributed by atoms with E-state index in [0.29, 0.717) is 11.8 Å². The van der Waals surface area contributed by atoms with Gasteiger partial charge < -0.3 is 14.5 Å². The summed E-state index contributed by atoms with van der Waals surface area (Å²) in [4.78, 5) is 6.58. The molecule has 0 atom stereocenters. The minimum absolute atomic E-state index is 0.165. The Bertz CT molecular complexity index is 319. The molecule has 2 rings (SSSR count). The van der Waals surface area contributed by atoms with Gasteiger partial charge in [0.1, 0.15) is 6.61 Å². The minimum atomic E-state index is -0.165. The summed E-state index contributed by atoms with van der Waals surface area (Å²) in [5.74, 6) is 1.71. The second-order valence-corrected chi connectivity index (χ2v) is 4.34. The lowest BCUT2D eigenvalue weighted by Gasteiger charge is -2.30. The Morgan fingerprint density at radius 1 is 1.44 bits per heavy atom. The number of piperidine rings is 1. The number of likely N-dealkylation sites (tertiary alicyclic amines) is 1. The molecule has 0 aliphatic carbocycles. The number of rotatable bonds is 4. The van der Waals surface area contributed by atoms with Crippen molar-refractivity contribution in [3.05, 3.63) is 11.7 Å². The van der Waals surface area contributed by atoms with Gasteiger partial charge in [0.15, 0.2) is 5.82 Å². The monoisotopic (exact) mass is 225 g/mol. The Morgan fingerprint density at radius 2 is 2.19 bits per heavy atom. The largest absolute Gasteiger partial charge is 0.387 e. The van der Waals surface area contributed by atoms with Crippen LogP contribution in [0.4, 0.5) is 0 Å². The van der Waals surface area contributed by atoms with Crippen LogP contribution in [0.15, 0.2) is 4.52 Å². The van der Waals surface area contributed by atoms with Crippen LogP contribution in [0.3, 0.4) is 0 Å². The van der Waals surface area contributed by atoms with Crippen molar-refractivity contribution in [2.75, 3.05) is 19.6 Å². The lowest BCUT2D eigenvalue weighted by molar-refractivity contribution is 0.190. The molecule has 0 radical (unpaired) electrons. The van der Waals surface area contributed by atoms with Gasteiger partial charge in [0, 0.05) is 6.42 Å². The summed E-state index contributed by atoms with van der Waals surface area (Å²) in [6.45, 7) is 5.52. The standard InChI is InChI=1S/C11H19N3O2/c1-2-14-5-3-9(4-6-14)7-10-12-11(8-15)16-13-10/h9,15H,2-8H2,1H3. The highest BCUT2D eigenvalue weighted by Crippen LogP contribution is 2.20. The molecule has 1 fully saturated rings. The molecule has 1 N–H and O–H groups in total. The lowest BCUT2D eigenvalue weighted by atomic mass is 9.93. The zero-order valence-corrected chi connectivity index (χ0v) is 9.72. The third-order valence-corrected chi connectivity index (χ3v) is 3.27. The van der Waals surface area contributed by atoms with Gasteiger partial charge in [0.25, 0.3) is 5.89 Å². The van der Waals surface area contributed by atoms with Crippen molar-refractivity contribution in [1.29, 1.82) is 0 Å². The number of hydrogen-bond acceptors (Lipinski definition) is 5. The zero-order chi connectivity index (χ0) is 11.4. The molecule has 1 aliphatic heterocycles. The van der Waals surface area contributed by atoms with Crippen LogP contribution in [0, 0.1) is 5.92 Å². The van der Waals surface area contributed by atoms with E-state index in [0.717, 1.165) is 18.8 Å². The highest BCUT2D eigenvalue weighted by atomic mass is 16.5. The number of aliphatic hydroxyl groups is 1. The smallest absolute Gasteiger partial charge is 0.252 e. The number of nitrogens with zero attached hydrogens (tertiary/aromatic N) is 3. The van der Waals surface area contributed by atoms with Crippen LogP contribution in [0.5, 0.6) is 0 Å². The van der Waals surface area contributed by atoms with Crippen LogP contribution >= 0.6 is 0 Å². The molecular formula is C11H19N3O2. The van der Waals surface area contributed by atoms with Crippen LogP contribution in [0.25, 0.3) is 0 Å². The number of aliphatic hydroxyl groups excluding tert-OH is 1. The fraction of sp³-hybridized carbons (Fsp3) is 0.818. The molecule has 0 unspecified atom stereocenters. The number of aromatic nitrogens is 2. The quantitative estimate of drug-likeness (QED) is 0.822. The van der Waals surface area contributed by atoms with E-state index in [-0.39, 0.29) is 6.61 Å². The molecule has 0 spiro atoms. The average molecular weight is 225 g/mol. The minimum Gasteiger partial charge on any atom is -0.387 e. The van der Waals surface area contributed by atoms with E-state index in [1.54, 1.807) is 0 Å². The van der Waals surface area contributed by atoms with E-state index < -0.39 is 0 Å². The van der Waals surface area contributed by atoms with Crippen molar-refractivity contribution in [2.45, 2.75) is 32.8 Å². The van der Waals surface area contributed by atoms with Crippen LogP contribution in [-0.4, -0.2) is 39.8 Å². The van der Waals surface area contributed by atoms with E-state index in [2.05, 4.69) is 22.0 Å². The molecular weight excluding hydrogens is 206 g/mol. The third-order valence-electron chi connectivity index (χ3n) is 3.27. The SMILES string of the molecule is CCN1CCC(Cc2noc(CO)n2)CC1. The summed E-state index contributed by atoms with van der Waals surface area (Å²) < 4.78 is 4.88. The maximum absolute atomic E-state index is 8.82. The van der Waals surface area contributed by atoms with Gasteiger partial charge in [-0.15, -0.1) is 0 Å². The predicted octanol–water partition coefficient (Wildman–Crippen LogP) is 0.836. The molecule has 1 saturated heterocycles. The first-order valence-corrected chi connectivity index (χ1v) is 5.96. The second-order valence-electron chi connectivity index (χ2n) is 4.34. The molecule has 2 heterocycles. The fourth-order valence-electron chi connectivity index (χ4n) is 2.20. The lowest BCUT2D eigenvalue weighted by Crippen LogP contribution is -2.34. The molecule has 0 bridgehead atoms. The van der Waals surface area contributed by atoms with Gasteiger partial charge in [0.2, 0.25) is 0 Å². The molecule has 5 nitrogen and oxygen atoms in total. The molecule has 5 heteroatoms. The fourth-order valence-corrected chi connectivity index (χ4v) is 2.20. The highest BCUT2D eigenvalue weighted by Gasteiger charge is 2.20. The first kappa shape index (κ1) is 11.5. The van der Waals surface area contributed by atoms with E-state index in [1.165, 1.54) is 25.9 Å². The van der Waals surface area contributed by atoms with E-state index in [9.17, 15) is 0 Å². The van der Waals surface area contributed by atoms with Crippen molar-refractivity contribution in [1.82, 2.24) is 15.0 Å². The molecule has 0 aromatic carbocycles. The van der Waals surface area contributed by atoms with E-state index >= 15 is 0 Å². The molecule has 16 heavy (non-hydrogen) atoms. The van der Waals surface area contributed by atoms with Crippen molar-refractivity contribution < 1.29 is 9.63 Å². The van der Waals surface area contributed by atoms with Crippen LogP contribution < -0.4 is 0 Å². The summed E-state index contributed by atoms with van der Waals surface area (Å²) in [6.07, 6.45) is 3.29. The zero-order valence-electron chi connectivity index (χ0n) is 9.72. The van der Waals surface area contributed by atoms with Crippen LogP contribution in [-0.2, 0) is 13.0 Å². The maximum Gasteiger partial charge on any atom is 0.252 e. The first-order chi connectivity index (χ1) is 7.81. The summed E-state index contributed by atoms with van der Waals surface area (Å²) in [7, 11) is 0. The Morgan fingerprint density at radius 3 is 2.75 bits per heavy atom. The van der Waals surface area contributed by atoms with Gasteiger partial charge in [-0.3, -0.25) is 0 Å². The second kappa shape index (κ2) is 5.41. The Hall–Kier alpha value is -0.940. The molecule has 0 saturated carbocycles. The Balaban J connectivity index is 1.82. The van der Waals surface area contributed by atoms with Gasteiger partial charge >= 0.3 is 0 Å². The molecule has 1 aromatic heterocycles. The number of hydrogen-bond donors (Lipinski definition) is 1. The summed E-state index contributed by atoms with van der Waals surface area (Å²) >= 11 is 0. The maximum atomic E-state index is 8.82. The molecule has 1 aliphatic rings. The Labute approximate surface area is 95.4 Å². The topological polar surface area (TPSA) is 62.4 Å². The van der Waals surface area contributed by atoms with Gasteiger partial charge in [-0.25, -0.2) is 0 Å². The van der Waals surface area contributed by atoms with Gasteiger partial charge in [-0.2, -0.15) is 4.98 Å². The molecule has 0 amide bonds. The van der Waals surface area contributed by atoms with Gasteiger partial charge in [-0.1, -0.05) is 12.1 Å². The summed E-state index contributed by atoms with van der Waals surface area (Å²) in [5.41, 5.74) is 0. The van der Waals surface area contributed by atoms with Gasteiger partial charge in [-0.05, 0) is 38.4 Å². The summed E-state index contributed by atoms with van der Waals surface area (Å²) in [6, 6.07) is 0. The normalized spacial score (nSPS) is 19.1. The average Bonchev–Trinajstić information content (AvgIpc) is 2.78. The predicted molar refractivity (Wildman–Crippen MR) is 58.8 cm³/mol. The van der Waals surface area contributed by atoms with Gasteiger partial charge in [0.05, 0.1) is 0 Å². The van der Waals surface area contributed by atoms with E-state index in [1.807, 2.05) is 0 Å². The van der Waals surface area contributed by atoms with Crippen LogP contribution in [0.2, 0.25) is 0 Å². The molecule has 1 aromatic rings.